The fraction of sp³-hybridized carbons (Fsp3) is 0.464. The third kappa shape index (κ3) is 5.20. The minimum absolute atomic E-state index is 0.104. The van der Waals surface area contributed by atoms with E-state index in [0.717, 1.165) is 49.9 Å². The van der Waals surface area contributed by atoms with Crippen molar-refractivity contribution in [3.05, 3.63) is 64.7 Å². The molecule has 0 bridgehead atoms. The summed E-state index contributed by atoms with van der Waals surface area (Å²) < 4.78 is 2.31. The number of nitrogens with zero attached hydrogens (tertiary/aromatic N) is 3. The Morgan fingerprint density at radius 2 is 1.76 bits per heavy atom. The topological polar surface area (TPSA) is 40.5 Å². The first-order chi connectivity index (χ1) is 16.5. The van der Waals surface area contributed by atoms with Crippen molar-refractivity contribution in [1.82, 2.24) is 9.99 Å². The van der Waals surface area contributed by atoms with E-state index in [-0.39, 0.29) is 5.91 Å². The van der Waals surface area contributed by atoms with Crippen molar-refractivity contribution in [2.24, 2.45) is 5.92 Å². The van der Waals surface area contributed by atoms with Crippen LogP contribution >= 0.6 is 11.6 Å². The van der Waals surface area contributed by atoms with Crippen molar-refractivity contribution in [1.29, 1.82) is 0 Å². The summed E-state index contributed by atoms with van der Waals surface area (Å²) in [5, 5.41) is 6.85. The van der Waals surface area contributed by atoms with E-state index in [0.29, 0.717) is 23.0 Å². The van der Waals surface area contributed by atoms with E-state index < -0.39 is 0 Å². The number of halogens is 1. The SMILES string of the molecule is CCCNC(=O)c1cc2cc(N3CCC(Cc4ccccc4)CC3)n(N(CC)CC)c2cc1Cl. The first kappa shape index (κ1) is 24.5. The maximum atomic E-state index is 12.7. The molecule has 0 aliphatic carbocycles. The summed E-state index contributed by atoms with van der Waals surface area (Å²) in [5.41, 5.74) is 3.04. The largest absolute Gasteiger partial charge is 0.357 e. The molecule has 6 heteroatoms. The fourth-order valence-electron chi connectivity index (χ4n) is 5.05. The molecule has 2 heterocycles. The summed E-state index contributed by atoms with van der Waals surface area (Å²) in [4.78, 5) is 15.2. The van der Waals surface area contributed by atoms with Crippen LogP contribution in [0.15, 0.2) is 48.5 Å². The minimum Gasteiger partial charge on any atom is -0.357 e. The summed E-state index contributed by atoms with van der Waals surface area (Å²) in [6, 6.07) is 17.0. The molecule has 2 aromatic carbocycles. The lowest BCUT2D eigenvalue weighted by Gasteiger charge is -2.36. The molecule has 1 saturated heterocycles. The van der Waals surface area contributed by atoms with E-state index in [1.165, 1.54) is 24.2 Å². The highest BCUT2D eigenvalue weighted by Gasteiger charge is 2.25. The molecule has 1 aromatic heterocycles. The number of hydrogen-bond acceptors (Lipinski definition) is 3. The van der Waals surface area contributed by atoms with Crippen LogP contribution in [0.4, 0.5) is 5.82 Å². The first-order valence-electron chi connectivity index (χ1n) is 12.7. The first-order valence-corrected chi connectivity index (χ1v) is 13.1. The predicted molar refractivity (Wildman–Crippen MR) is 144 cm³/mol. The smallest absolute Gasteiger partial charge is 0.252 e. The molecular weight excluding hydrogens is 444 g/mol. The molecule has 1 fully saturated rings. The van der Waals surface area contributed by atoms with Gasteiger partial charge in [0.25, 0.3) is 5.91 Å². The van der Waals surface area contributed by atoms with Crippen LogP contribution in [-0.4, -0.2) is 43.3 Å². The number of benzene rings is 2. The molecule has 5 nitrogen and oxygen atoms in total. The summed E-state index contributed by atoms with van der Waals surface area (Å²) in [5.74, 6) is 1.81. The van der Waals surface area contributed by atoms with E-state index in [9.17, 15) is 4.79 Å². The van der Waals surface area contributed by atoms with E-state index in [2.05, 4.69) is 70.1 Å². The number of carbonyl (C=O) groups is 1. The predicted octanol–water partition coefficient (Wildman–Crippen LogP) is 5.87. The maximum Gasteiger partial charge on any atom is 0.252 e. The van der Waals surface area contributed by atoms with Crippen molar-refractivity contribution in [3.63, 3.8) is 0 Å². The molecule has 4 rings (SSSR count). The average Bonchev–Trinajstić information content (AvgIpc) is 3.22. The van der Waals surface area contributed by atoms with Gasteiger partial charge >= 0.3 is 0 Å². The lowest BCUT2D eigenvalue weighted by molar-refractivity contribution is 0.0954. The fourth-order valence-corrected chi connectivity index (χ4v) is 5.30. The summed E-state index contributed by atoms with van der Waals surface area (Å²) in [6.07, 6.45) is 4.41. The number of carbonyl (C=O) groups excluding carboxylic acids is 1. The van der Waals surface area contributed by atoms with Gasteiger partial charge in [-0.15, -0.1) is 0 Å². The number of rotatable bonds is 9. The Labute approximate surface area is 208 Å². The number of hydrogen-bond donors (Lipinski definition) is 1. The van der Waals surface area contributed by atoms with Crippen LogP contribution in [0.5, 0.6) is 0 Å². The number of fused-ring (bicyclic) bond motifs is 1. The van der Waals surface area contributed by atoms with Crippen molar-refractivity contribution in [3.8, 4) is 0 Å². The quantitative estimate of drug-likeness (QED) is 0.416. The number of anilines is 1. The van der Waals surface area contributed by atoms with E-state index in [1.54, 1.807) is 0 Å². The molecule has 0 spiro atoms. The maximum absolute atomic E-state index is 12.7. The third-order valence-electron chi connectivity index (χ3n) is 6.94. The molecule has 0 atom stereocenters. The van der Waals surface area contributed by atoms with E-state index in [4.69, 9.17) is 11.6 Å². The Kier molecular flexibility index (Phi) is 8.04. The van der Waals surface area contributed by atoms with Crippen LogP contribution in [0.3, 0.4) is 0 Å². The lowest BCUT2D eigenvalue weighted by atomic mass is 9.90. The van der Waals surface area contributed by atoms with Crippen LogP contribution in [-0.2, 0) is 6.42 Å². The molecule has 182 valence electrons. The van der Waals surface area contributed by atoms with Gasteiger partial charge in [-0.1, -0.05) is 48.9 Å². The molecule has 1 N–H and O–H groups in total. The Morgan fingerprint density at radius 3 is 2.41 bits per heavy atom. The Bertz CT molecular complexity index is 1100. The van der Waals surface area contributed by atoms with Crippen LogP contribution in [0.1, 0.15) is 56.0 Å². The lowest BCUT2D eigenvalue weighted by Crippen LogP contribution is -2.40. The molecule has 0 saturated carbocycles. The minimum atomic E-state index is -0.104. The van der Waals surface area contributed by atoms with Gasteiger partial charge in [0, 0.05) is 38.1 Å². The van der Waals surface area contributed by atoms with Gasteiger partial charge in [0.05, 0.1) is 16.1 Å². The zero-order valence-electron chi connectivity index (χ0n) is 20.7. The second-order valence-electron chi connectivity index (χ2n) is 9.22. The number of amides is 1. The van der Waals surface area contributed by atoms with Crippen LogP contribution < -0.4 is 15.2 Å². The summed E-state index contributed by atoms with van der Waals surface area (Å²) in [6.45, 7) is 10.9. The third-order valence-corrected chi connectivity index (χ3v) is 7.26. The van der Waals surface area contributed by atoms with Gasteiger partial charge in [0.2, 0.25) is 0 Å². The van der Waals surface area contributed by atoms with Gasteiger partial charge in [0.1, 0.15) is 5.82 Å². The van der Waals surface area contributed by atoms with Gasteiger partial charge < -0.3 is 15.2 Å². The second-order valence-corrected chi connectivity index (χ2v) is 9.63. The summed E-state index contributed by atoms with van der Waals surface area (Å²) >= 11 is 6.62. The highest BCUT2D eigenvalue weighted by atomic mass is 35.5. The zero-order valence-corrected chi connectivity index (χ0v) is 21.4. The summed E-state index contributed by atoms with van der Waals surface area (Å²) in [7, 11) is 0. The van der Waals surface area contributed by atoms with E-state index >= 15 is 0 Å². The van der Waals surface area contributed by atoms with Gasteiger partial charge in [-0.3, -0.25) is 4.79 Å². The van der Waals surface area contributed by atoms with Gasteiger partial charge in [-0.2, -0.15) is 0 Å². The average molecular weight is 481 g/mol. The monoisotopic (exact) mass is 480 g/mol. The molecule has 0 radical (unpaired) electrons. The number of aromatic nitrogens is 1. The Balaban J connectivity index is 1.62. The van der Waals surface area contributed by atoms with E-state index in [1.807, 2.05) is 19.1 Å². The molecule has 0 unspecified atom stereocenters. The molecule has 34 heavy (non-hydrogen) atoms. The van der Waals surface area contributed by atoms with Crippen LogP contribution in [0, 0.1) is 5.92 Å². The second kappa shape index (κ2) is 11.2. The molecular formula is C28H37ClN4O. The number of nitrogens with one attached hydrogen (secondary N) is 1. The van der Waals surface area contributed by atoms with Gasteiger partial charge in [0.15, 0.2) is 0 Å². The van der Waals surface area contributed by atoms with Crippen LogP contribution in [0.25, 0.3) is 10.9 Å². The Morgan fingerprint density at radius 1 is 1.06 bits per heavy atom. The molecule has 3 aromatic rings. The standard InChI is InChI=1S/C28H37ClN4O/c1-4-14-30-28(34)24-18-23-19-27(33(32(5-2)6-3)26(23)20-25(24)29)31-15-12-22(13-16-31)17-21-10-8-7-9-11-21/h7-11,18-20,22H,4-6,12-17H2,1-3H3,(H,30,34). The normalized spacial score (nSPS) is 14.5. The highest BCUT2D eigenvalue weighted by molar-refractivity contribution is 6.34. The molecule has 1 aliphatic heterocycles. The van der Waals surface area contributed by atoms with Gasteiger partial charge in [-0.05, 0) is 69.2 Å². The van der Waals surface area contributed by atoms with Crippen molar-refractivity contribution >= 4 is 34.2 Å². The molecule has 1 aliphatic rings. The van der Waals surface area contributed by atoms with Crippen molar-refractivity contribution in [2.75, 3.05) is 42.6 Å². The van der Waals surface area contributed by atoms with Crippen molar-refractivity contribution in [2.45, 2.75) is 46.5 Å². The van der Waals surface area contributed by atoms with Crippen LogP contribution in [0.2, 0.25) is 5.02 Å². The number of piperidine rings is 1. The molecule has 1 amide bonds. The zero-order chi connectivity index (χ0) is 24.1. The van der Waals surface area contributed by atoms with Gasteiger partial charge in [-0.25, -0.2) is 4.68 Å². The van der Waals surface area contributed by atoms with Crippen molar-refractivity contribution < 1.29 is 4.79 Å². The highest BCUT2D eigenvalue weighted by Crippen LogP contribution is 2.34. The Hall–Kier alpha value is -2.66.